The van der Waals surface area contributed by atoms with E-state index >= 15 is 0 Å². The van der Waals surface area contributed by atoms with Gasteiger partial charge in [0.15, 0.2) is 0 Å². The van der Waals surface area contributed by atoms with Crippen LogP contribution in [-0.4, -0.2) is 57.0 Å². The van der Waals surface area contributed by atoms with Gasteiger partial charge in [0.2, 0.25) is 0 Å². The summed E-state index contributed by atoms with van der Waals surface area (Å²) in [5.41, 5.74) is 0. The molecule has 0 amide bonds. The predicted molar refractivity (Wildman–Crippen MR) is 71.4 cm³/mol. The first kappa shape index (κ1) is 18.7. The molecule has 0 bridgehead atoms. The van der Waals surface area contributed by atoms with Gasteiger partial charge >= 0.3 is 6.18 Å². The Morgan fingerprint density at radius 1 is 1.11 bits per heavy atom. The maximum absolute atomic E-state index is 11.7. The molecular formula is C13H27F3N2O. The largest absolute Gasteiger partial charge is 0.411 e. The van der Waals surface area contributed by atoms with E-state index in [0.717, 1.165) is 25.9 Å². The van der Waals surface area contributed by atoms with Crippen molar-refractivity contribution in [3.63, 3.8) is 0 Å². The average molecular weight is 284 g/mol. The first-order valence-electron chi connectivity index (χ1n) is 6.88. The van der Waals surface area contributed by atoms with Crippen molar-refractivity contribution in [3.8, 4) is 0 Å². The zero-order valence-corrected chi connectivity index (χ0v) is 12.2. The summed E-state index contributed by atoms with van der Waals surface area (Å²) in [6.45, 7) is 6.03. The highest BCUT2D eigenvalue weighted by Crippen LogP contribution is 2.14. The van der Waals surface area contributed by atoms with Gasteiger partial charge in [0.05, 0.1) is 0 Å². The number of unbranched alkanes of at least 4 members (excludes halogenated alkanes) is 1. The van der Waals surface area contributed by atoms with E-state index in [1.807, 2.05) is 0 Å². The van der Waals surface area contributed by atoms with Crippen LogP contribution in [0.1, 0.15) is 33.1 Å². The van der Waals surface area contributed by atoms with Gasteiger partial charge in [-0.05, 0) is 59.8 Å². The summed E-state index contributed by atoms with van der Waals surface area (Å²) in [5.74, 6) is 0. The number of nitrogens with one attached hydrogen (secondary N) is 1. The van der Waals surface area contributed by atoms with E-state index in [1.165, 1.54) is 0 Å². The van der Waals surface area contributed by atoms with Crippen molar-refractivity contribution >= 4 is 0 Å². The summed E-state index contributed by atoms with van der Waals surface area (Å²) >= 11 is 0. The third kappa shape index (κ3) is 13.9. The second-order valence-corrected chi connectivity index (χ2v) is 5.05. The highest BCUT2D eigenvalue weighted by Gasteiger charge is 2.27. The van der Waals surface area contributed by atoms with Crippen molar-refractivity contribution in [2.45, 2.75) is 45.3 Å². The van der Waals surface area contributed by atoms with Crippen LogP contribution >= 0.6 is 0 Å². The lowest BCUT2D eigenvalue weighted by atomic mass is 10.2. The minimum atomic E-state index is -4.21. The first-order valence-corrected chi connectivity index (χ1v) is 6.88. The molecule has 3 nitrogen and oxygen atoms in total. The molecule has 0 aromatic rings. The smallest absolute Gasteiger partial charge is 0.372 e. The molecule has 0 aliphatic rings. The fraction of sp³-hybridized carbons (Fsp3) is 1.00. The molecule has 1 N–H and O–H groups in total. The molecule has 6 heteroatoms. The number of halogens is 3. The van der Waals surface area contributed by atoms with Crippen molar-refractivity contribution in [1.82, 2.24) is 10.2 Å². The molecule has 0 aliphatic heterocycles. The molecule has 0 aliphatic carbocycles. The highest BCUT2D eigenvalue weighted by atomic mass is 19.4. The number of hydrogen-bond donors (Lipinski definition) is 1. The maximum atomic E-state index is 11.7. The number of hydrogen-bond acceptors (Lipinski definition) is 3. The SMILES string of the molecule is CC(C)N(C)CCCCNCCCOCC(F)(F)F. The van der Waals surface area contributed by atoms with Crippen LogP contribution < -0.4 is 5.32 Å². The van der Waals surface area contributed by atoms with Crippen molar-refractivity contribution in [2.24, 2.45) is 0 Å². The fourth-order valence-electron chi connectivity index (χ4n) is 1.48. The molecule has 0 saturated carbocycles. The Labute approximate surface area is 114 Å². The Morgan fingerprint density at radius 2 is 1.74 bits per heavy atom. The van der Waals surface area contributed by atoms with Crippen LogP contribution in [-0.2, 0) is 4.74 Å². The molecule has 0 unspecified atom stereocenters. The van der Waals surface area contributed by atoms with Crippen LogP contribution in [0.15, 0.2) is 0 Å². The normalized spacial score (nSPS) is 12.6. The van der Waals surface area contributed by atoms with Gasteiger partial charge in [0, 0.05) is 12.6 Å². The van der Waals surface area contributed by atoms with Crippen molar-refractivity contribution in [3.05, 3.63) is 0 Å². The van der Waals surface area contributed by atoms with E-state index in [0.29, 0.717) is 19.0 Å². The van der Waals surface area contributed by atoms with Crippen LogP contribution in [0.2, 0.25) is 0 Å². The second kappa shape index (κ2) is 10.5. The molecule has 0 aromatic heterocycles. The van der Waals surface area contributed by atoms with Gasteiger partial charge in [-0.15, -0.1) is 0 Å². The number of alkyl halides is 3. The molecule has 0 fully saturated rings. The van der Waals surface area contributed by atoms with Gasteiger partial charge in [-0.25, -0.2) is 0 Å². The summed E-state index contributed by atoms with van der Waals surface area (Å²) in [6, 6.07) is 0.568. The third-order valence-corrected chi connectivity index (χ3v) is 2.90. The van der Waals surface area contributed by atoms with Gasteiger partial charge in [-0.3, -0.25) is 0 Å². The molecule has 0 heterocycles. The molecule has 0 spiro atoms. The van der Waals surface area contributed by atoms with Gasteiger partial charge < -0.3 is 15.0 Å². The Hall–Kier alpha value is -0.330. The van der Waals surface area contributed by atoms with Crippen LogP contribution in [0.4, 0.5) is 13.2 Å². The highest BCUT2D eigenvalue weighted by molar-refractivity contribution is 4.57. The average Bonchev–Trinajstić information content (AvgIpc) is 2.29. The topological polar surface area (TPSA) is 24.5 Å². The van der Waals surface area contributed by atoms with Gasteiger partial charge in [-0.1, -0.05) is 0 Å². The first-order chi connectivity index (χ1) is 8.83. The van der Waals surface area contributed by atoms with Crippen LogP contribution in [0, 0.1) is 0 Å². The minimum Gasteiger partial charge on any atom is -0.372 e. The maximum Gasteiger partial charge on any atom is 0.411 e. The van der Waals surface area contributed by atoms with E-state index in [2.05, 4.69) is 35.8 Å². The van der Waals surface area contributed by atoms with E-state index < -0.39 is 12.8 Å². The quantitative estimate of drug-likeness (QED) is 0.590. The van der Waals surface area contributed by atoms with Gasteiger partial charge in [0.25, 0.3) is 0 Å². The monoisotopic (exact) mass is 284 g/mol. The Balaban J connectivity index is 3.15. The van der Waals surface area contributed by atoms with Crippen LogP contribution in [0.5, 0.6) is 0 Å². The predicted octanol–water partition coefficient (Wildman–Crippen LogP) is 2.67. The summed E-state index contributed by atoms with van der Waals surface area (Å²) in [5, 5.41) is 3.21. The van der Waals surface area contributed by atoms with Crippen molar-refractivity contribution in [1.29, 1.82) is 0 Å². The number of ether oxygens (including phenoxy) is 1. The Bertz CT molecular complexity index is 211. The molecule has 0 aromatic carbocycles. The standard InChI is InChI=1S/C13H27F3N2O/c1-12(2)18(3)9-5-4-7-17-8-6-10-19-11-13(14,15)16/h12,17H,4-11H2,1-3H3. The summed E-state index contributed by atoms with van der Waals surface area (Å²) < 4.78 is 39.8. The van der Waals surface area contributed by atoms with E-state index in [1.54, 1.807) is 0 Å². The Kier molecular flexibility index (Phi) is 10.3. The summed E-state index contributed by atoms with van der Waals surface area (Å²) in [6.07, 6.45) is -1.38. The summed E-state index contributed by atoms with van der Waals surface area (Å²) in [7, 11) is 2.11. The van der Waals surface area contributed by atoms with Crippen LogP contribution in [0.25, 0.3) is 0 Å². The number of nitrogens with zero attached hydrogens (tertiary/aromatic N) is 1. The van der Waals surface area contributed by atoms with Crippen molar-refractivity contribution in [2.75, 3.05) is 39.9 Å². The third-order valence-electron chi connectivity index (χ3n) is 2.90. The van der Waals surface area contributed by atoms with E-state index in [9.17, 15) is 13.2 Å². The molecule has 0 radical (unpaired) electrons. The summed E-state index contributed by atoms with van der Waals surface area (Å²) in [4.78, 5) is 2.30. The zero-order chi connectivity index (χ0) is 14.7. The Morgan fingerprint density at radius 3 is 2.32 bits per heavy atom. The van der Waals surface area contributed by atoms with Crippen LogP contribution in [0.3, 0.4) is 0 Å². The molecule has 0 saturated heterocycles. The molecule has 0 rings (SSSR count). The lowest BCUT2D eigenvalue weighted by Crippen LogP contribution is -2.28. The molecule has 116 valence electrons. The van der Waals surface area contributed by atoms with E-state index in [-0.39, 0.29) is 6.61 Å². The second-order valence-electron chi connectivity index (χ2n) is 5.05. The van der Waals surface area contributed by atoms with Gasteiger partial charge in [-0.2, -0.15) is 13.2 Å². The lowest BCUT2D eigenvalue weighted by Gasteiger charge is -2.20. The molecule has 0 atom stereocenters. The number of rotatable bonds is 11. The minimum absolute atomic E-state index is 0.155. The van der Waals surface area contributed by atoms with Crippen molar-refractivity contribution < 1.29 is 17.9 Å². The van der Waals surface area contributed by atoms with Gasteiger partial charge in [0.1, 0.15) is 6.61 Å². The zero-order valence-electron chi connectivity index (χ0n) is 12.2. The fourth-order valence-corrected chi connectivity index (χ4v) is 1.48. The van der Waals surface area contributed by atoms with E-state index in [4.69, 9.17) is 0 Å². The molecule has 19 heavy (non-hydrogen) atoms. The lowest BCUT2D eigenvalue weighted by molar-refractivity contribution is -0.173. The molecular weight excluding hydrogens is 257 g/mol.